The van der Waals surface area contributed by atoms with Crippen molar-refractivity contribution in [2.75, 3.05) is 37.7 Å². The number of para-hydroxylation sites is 1. The number of amides is 1. The van der Waals surface area contributed by atoms with Crippen LogP contribution in [-0.2, 0) is 11.3 Å². The fraction of sp³-hybridized carbons (Fsp3) is 0.333. The highest BCUT2D eigenvalue weighted by Crippen LogP contribution is 2.19. The molecule has 4 rings (SSSR count). The number of piperazine rings is 1. The molecule has 0 spiro atoms. The first-order chi connectivity index (χ1) is 15.4. The maximum Gasteiger partial charge on any atom is 0.411 e. The number of carbonyl (C=O) groups is 1. The van der Waals surface area contributed by atoms with E-state index in [4.69, 9.17) is 0 Å². The molecule has 0 saturated carbocycles. The van der Waals surface area contributed by atoms with Gasteiger partial charge in [0.2, 0.25) is 5.95 Å². The number of ether oxygens (including phenoxy) is 1. The second-order valence-electron chi connectivity index (χ2n) is 7.31. The maximum absolute atomic E-state index is 12.8. The van der Waals surface area contributed by atoms with Crippen LogP contribution in [0, 0.1) is 0 Å². The molecule has 1 amide bonds. The van der Waals surface area contributed by atoms with E-state index in [0.29, 0.717) is 43.3 Å². The van der Waals surface area contributed by atoms with Crippen LogP contribution in [0.5, 0.6) is 0 Å². The van der Waals surface area contributed by atoms with E-state index < -0.39 is 12.8 Å². The average Bonchev–Trinajstić information content (AvgIpc) is 3.29. The van der Waals surface area contributed by atoms with E-state index in [9.17, 15) is 18.0 Å². The number of alkyl halides is 3. The topological polar surface area (TPSA) is 76.4 Å². The monoisotopic (exact) mass is 446 g/mol. The first kappa shape index (κ1) is 21.8. The summed E-state index contributed by atoms with van der Waals surface area (Å²) in [6.07, 6.45) is -4.36. The molecular weight excluding hydrogens is 425 g/mol. The van der Waals surface area contributed by atoms with Crippen LogP contribution >= 0.6 is 0 Å². The standard InChI is InChI=1S/C21H21F3N6O2/c22-21(23,24)15-32-14-16-6-8-17(9-7-16)19(31)28-10-12-29(13-11-28)20-25-26-27-30(20)18-4-2-1-3-5-18/h1-9H,10-15H2. The Morgan fingerprint density at radius 1 is 0.969 bits per heavy atom. The Kier molecular flexibility index (Phi) is 6.35. The van der Waals surface area contributed by atoms with Crippen molar-refractivity contribution in [3.8, 4) is 5.69 Å². The molecule has 0 N–H and O–H groups in total. The highest BCUT2D eigenvalue weighted by molar-refractivity contribution is 5.94. The summed E-state index contributed by atoms with van der Waals surface area (Å²) in [7, 11) is 0. The number of hydrogen-bond donors (Lipinski definition) is 0. The van der Waals surface area contributed by atoms with E-state index in [2.05, 4.69) is 20.3 Å². The lowest BCUT2D eigenvalue weighted by Gasteiger charge is -2.34. The fourth-order valence-corrected chi connectivity index (χ4v) is 3.44. The molecule has 168 valence electrons. The number of anilines is 1. The van der Waals surface area contributed by atoms with Gasteiger partial charge in [-0.1, -0.05) is 35.4 Å². The predicted octanol–water partition coefficient (Wildman–Crippen LogP) is 2.70. The molecule has 11 heteroatoms. The number of rotatable bonds is 6. The lowest BCUT2D eigenvalue weighted by molar-refractivity contribution is -0.176. The molecule has 1 aliphatic rings. The summed E-state index contributed by atoms with van der Waals surface area (Å²) in [5.41, 5.74) is 1.90. The van der Waals surface area contributed by atoms with Gasteiger partial charge in [0.05, 0.1) is 12.3 Å². The summed E-state index contributed by atoms with van der Waals surface area (Å²) < 4.78 is 42.8. The molecule has 1 saturated heterocycles. The summed E-state index contributed by atoms with van der Waals surface area (Å²) in [5, 5.41) is 12.0. The molecule has 0 bridgehead atoms. The second-order valence-corrected chi connectivity index (χ2v) is 7.31. The summed E-state index contributed by atoms with van der Waals surface area (Å²) in [4.78, 5) is 16.6. The highest BCUT2D eigenvalue weighted by atomic mass is 19.4. The van der Waals surface area contributed by atoms with Crippen molar-refractivity contribution in [1.29, 1.82) is 0 Å². The van der Waals surface area contributed by atoms with E-state index in [0.717, 1.165) is 5.69 Å². The Bertz CT molecular complexity index is 1030. The van der Waals surface area contributed by atoms with Crippen molar-refractivity contribution in [3.63, 3.8) is 0 Å². The van der Waals surface area contributed by atoms with Crippen LogP contribution in [0.4, 0.5) is 19.1 Å². The molecule has 1 aliphatic heterocycles. The largest absolute Gasteiger partial charge is 0.411 e. The number of hydrogen-bond acceptors (Lipinski definition) is 6. The van der Waals surface area contributed by atoms with Crippen LogP contribution < -0.4 is 4.90 Å². The van der Waals surface area contributed by atoms with E-state index >= 15 is 0 Å². The Morgan fingerprint density at radius 2 is 1.66 bits per heavy atom. The Hall–Kier alpha value is -3.47. The molecule has 8 nitrogen and oxygen atoms in total. The number of nitrogens with zero attached hydrogens (tertiary/aromatic N) is 6. The molecule has 1 aromatic heterocycles. The van der Waals surface area contributed by atoms with Gasteiger partial charge in [-0.15, -0.1) is 0 Å². The zero-order valence-electron chi connectivity index (χ0n) is 17.1. The third kappa shape index (κ3) is 5.22. The van der Waals surface area contributed by atoms with E-state index in [1.54, 1.807) is 33.8 Å². The predicted molar refractivity (Wildman–Crippen MR) is 109 cm³/mol. The summed E-state index contributed by atoms with van der Waals surface area (Å²) in [6.45, 7) is 0.673. The van der Waals surface area contributed by atoms with Gasteiger partial charge in [0.15, 0.2) is 0 Å². The van der Waals surface area contributed by atoms with E-state index in [1.165, 1.54) is 0 Å². The molecule has 0 aliphatic carbocycles. The molecule has 2 aromatic carbocycles. The fourth-order valence-electron chi connectivity index (χ4n) is 3.44. The molecule has 1 fully saturated rings. The molecule has 0 unspecified atom stereocenters. The SMILES string of the molecule is O=C(c1ccc(COCC(F)(F)F)cc1)N1CCN(c2nnnn2-c2ccccc2)CC1. The zero-order chi connectivity index (χ0) is 22.6. The quantitative estimate of drug-likeness (QED) is 0.580. The van der Waals surface area contributed by atoms with Crippen LogP contribution in [0.15, 0.2) is 54.6 Å². The number of carbonyl (C=O) groups excluding carboxylic acids is 1. The van der Waals surface area contributed by atoms with Gasteiger partial charge < -0.3 is 14.5 Å². The smallest absolute Gasteiger partial charge is 0.367 e. The third-order valence-corrected chi connectivity index (χ3v) is 5.04. The van der Waals surface area contributed by atoms with Gasteiger partial charge >= 0.3 is 6.18 Å². The van der Waals surface area contributed by atoms with Crippen molar-refractivity contribution in [2.24, 2.45) is 0 Å². The minimum atomic E-state index is -4.36. The molecule has 32 heavy (non-hydrogen) atoms. The normalized spacial score (nSPS) is 14.6. The van der Waals surface area contributed by atoms with Crippen LogP contribution in [0.3, 0.4) is 0 Å². The van der Waals surface area contributed by atoms with Crippen molar-refractivity contribution in [2.45, 2.75) is 12.8 Å². The Labute approximate surface area is 182 Å². The van der Waals surface area contributed by atoms with E-state index in [-0.39, 0.29) is 12.5 Å². The molecule has 0 radical (unpaired) electrons. The first-order valence-corrected chi connectivity index (χ1v) is 10.0. The van der Waals surface area contributed by atoms with E-state index in [1.807, 2.05) is 35.2 Å². The molecule has 3 aromatic rings. The molecular formula is C21H21F3N6O2. The van der Waals surface area contributed by atoms with Crippen molar-refractivity contribution in [1.82, 2.24) is 25.1 Å². The second kappa shape index (κ2) is 9.35. The highest BCUT2D eigenvalue weighted by Gasteiger charge is 2.28. The van der Waals surface area contributed by atoms with Gasteiger partial charge in [0, 0.05) is 31.7 Å². The van der Waals surface area contributed by atoms with Gasteiger partial charge in [0.1, 0.15) is 6.61 Å². The molecule has 0 atom stereocenters. The maximum atomic E-state index is 12.8. The molecule has 2 heterocycles. The number of benzene rings is 2. The minimum Gasteiger partial charge on any atom is -0.367 e. The van der Waals surface area contributed by atoms with Crippen molar-refractivity contribution >= 4 is 11.9 Å². The summed E-state index contributed by atoms with van der Waals surface area (Å²) in [6, 6.07) is 16.0. The number of halogens is 3. The van der Waals surface area contributed by atoms with Crippen LogP contribution in [0.25, 0.3) is 5.69 Å². The zero-order valence-corrected chi connectivity index (χ0v) is 17.1. The Balaban J connectivity index is 1.33. The van der Waals surface area contributed by atoms with Gasteiger partial charge in [-0.2, -0.15) is 17.9 Å². The van der Waals surface area contributed by atoms with Gasteiger partial charge in [-0.05, 0) is 40.3 Å². The van der Waals surface area contributed by atoms with Crippen LogP contribution in [-0.4, -0.2) is 70.0 Å². The van der Waals surface area contributed by atoms with Gasteiger partial charge in [-0.3, -0.25) is 4.79 Å². The van der Waals surface area contributed by atoms with Gasteiger partial charge in [-0.25, -0.2) is 0 Å². The summed E-state index contributed by atoms with van der Waals surface area (Å²) in [5.74, 6) is 0.488. The first-order valence-electron chi connectivity index (χ1n) is 10.0. The lowest BCUT2D eigenvalue weighted by Crippen LogP contribution is -2.49. The third-order valence-electron chi connectivity index (χ3n) is 5.04. The lowest BCUT2D eigenvalue weighted by atomic mass is 10.1. The number of aromatic nitrogens is 4. The Morgan fingerprint density at radius 3 is 2.31 bits per heavy atom. The van der Waals surface area contributed by atoms with Crippen molar-refractivity contribution in [3.05, 3.63) is 65.7 Å². The van der Waals surface area contributed by atoms with Crippen molar-refractivity contribution < 1.29 is 22.7 Å². The van der Waals surface area contributed by atoms with Gasteiger partial charge in [0.25, 0.3) is 5.91 Å². The summed E-state index contributed by atoms with van der Waals surface area (Å²) >= 11 is 0. The van der Waals surface area contributed by atoms with Crippen LogP contribution in [0.1, 0.15) is 15.9 Å². The van der Waals surface area contributed by atoms with Crippen LogP contribution in [0.2, 0.25) is 0 Å². The average molecular weight is 446 g/mol. The number of tetrazole rings is 1. The minimum absolute atomic E-state index is 0.130.